The molecule has 3 aromatic rings. The van der Waals surface area contributed by atoms with Crippen LogP contribution in [0.3, 0.4) is 0 Å². The Morgan fingerprint density at radius 3 is 2.42 bits per heavy atom. The van der Waals surface area contributed by atoms with E-state index in [-0.39, 0.29) is 7.33 Å². The molecule has 190 valence electrons. The highest BCUT2D eigenvalue weighted by Crippen LogP contribution is 2.22. The third-order valence-electron chi connectivity index (χ3n) is 6.92. The van der Waals surface area contributed by atoms with Crippen LogP contribution in [0.4, 0.5) is 17.5 Å². The number of carbonyl (C=O) groups is 1. The Morgan fingerprint density at radius 1 is 0.861 bits per heavy atom. The maximum atomic E-state index is 12.8. The van der Waals surface area contributed by atoms with Crippen molar-refractivity contribution >= 4 is 23.4 Å². The summed E-state index contributed by atoms with van der Waals surface area (Å²) in [7, 11) is 3.94. The van der Waals surface area contributed by atoms with Crippen molar-refractivity contribution < 1.29 is 6.22 Å². The van der Waals surface area contributed by atoms with E-state index in [4.69, 9.17) is 4.98 Å². The van der Waals surface area contributed by atoms with E-state index in [1.807, 2.05) is 49.5 Å². The quantitative estimate of drug-likeness (QED) is 0.517. The Morgan fingerprint density at radius 2 is 1.64 bits per heavy atom. The highest BCUT2D eigenvalue weighted by Gasteiger charge is 2.21. The fourth-order valence-electron chi connectivity index (χ4n) is 4.68. The summed E-state index contributed by atoms with van der Waals surface area (Å²) < 4.78 is 0. The number of benzene rings is 1. The van der Waals surface area contributed by atoms with Gasteiger partial charge in [0.15, 0.2) is 0 Å². The van der Waals surface area contributed by atoms with Crippen molar-refractivity contribution in [3.63, 3.8) is 0 Å². The van der Waals surface area contributed by atoms with Crippen molar-refractivity contribution in [1.29, 1.82) is 0 Å². The lowest BCUT2D eigenvalue weighted by Crippen LogP contribution is -2.49. The minimum absolute atomic E-state index is 0. The zero-order valence-corrected chi connectivity index (χ0v) is 21.1. The van der Waals surface area contributed by atoms with Gasteiger partial charge >= 0.3 is 0 Å². The lowest BCUT2D eigenvalue weighted by Gasteiger charge is -2.35. The van der Waals surface area contributed by atoms with Crippen LogP contribution in [0.5, 0.6) is 0 Å². The number of piperazine rings is 1. The maximum Gasteiger partial charge on any atom is 0.236 e. The molecule has 0 saturated carbocycles. The maximum absolute atomic E-state index is 12.8. The van der Waals surface area contributed by atoms with Crippen LogP contribution < -0.4 is 10.2 Å². The highest BCUT2D eigenvalue weighted by molar-refractivity contribution is 5.78. The first kappa shape index (κ1) is 24.1. The molecule has 1 saturated heterocycles. The first-order chi connectivity index (χ1) is 17.5. The number of rotatable bonds is 0. The molecule has 36 heavy (non-hydrogen) atoms. The third-order valence-corrected chi connectivity index (χ3v) is 6.92. The monoisotopic (exact) mass is 488 g/mol. The van der Waals surface area contributed by atoms with E-state index in [1.165, 1.54) is 5.56 Å². The minimum Gasteiger partial charge on any atom is -0.360 e. The van der Waals surface area contributed by atoms with Gasteiger partial charge in [-0.2, -0.15) is 0 Å². The molecule has 7 heterocycles. The average Bonchev–Trinajstić information content (AvgIpc) is 2.89. The standard InChI is InChI=1S/C27H34N8O.H2/c1-32-11-4-12-33(2)26(36)20-35-15-13-34(14-16-35)19-21-5-3-6-23(17-21)30-27-28-10-9-24(31-27)22-7-8-25(32)29-18-22;/h3,5-10,17-18H,4,11-16,19-20H2,1-2H3,(H,28,30,31);1H. The van der Waals surface area contributed by atoms with Crippen LogP contribution in [0.15, 0.2) is 54.9 Å². The number of likely N-dealkylation sites (N-methyl/N-ethyl adjacent to an activating group) is 1. The Balaban J connectivity index is 0.00000320. The van der Waals surface area contributed by atoms with E-state index in [9.17, 15) is 4.79 Å². The Labute approximate surface area is 214 Å². The first-order valence-corrected chi connectivity index (χ1v) is 12.6. The van der Waals surface area contributed by atoms with E-state index >= 15 is 0 Å². The molecule has 5 aliphatic rings. The number of aromatic nitrogens is 3. The summed E-state index contributed by atoms with van der Waals surface area (Å²) >= 11 is 0. The lowest BCUT2D eigenvalue weighted by molar-refractivity contribution is -0.131. The van der Waals surface area contributed by atoms with Crippen molar-refractivity contribution in [3.8, 4) is 11.3 Å². The Bertz CT molecular complexity index is 1180. The van der Waals surface area contributed by atoms with Crippen molar-refractivity contribution in [2.24, 2.45) is 0 Å². The normalized spacial score (nSPS) is 21.3. The van der Waals surface area contributed by atoms with Crippen LogP contribution >= 0.6 is 0 Å². The molecule has 0 radical (unpaired) electrons. The smallest absolute Gasteiger partial charge is 0.236 e. The first-order valence-electron chi connectivity index (χ1n) is 12.6. The van der Waals surface area contributed by atoms with E-state index in [0.717, 1.165) is 75.0 Å². The summed E-state index contributed by atoms with van der Waals surface area (Å²) in [5.74, 6) is 1.65. The number of amides is 1. The number of hydrogen-bond donors (Lipinski definition) is 1. The predicted molar refractivity (Wildman–Crippen MR) is 144 cm³/mol. The van der Waals surface area contributed by atoms with Gasteiger partial charge in [0.1, 0.15) is 5.82 Å². The molecule has 1 N–H and O–H groups in total. The summed E-state index contributed by atoms with van der Waals surface area (Å²) in [5.41, 5.74) is 3.96. The second-order valence-corrected chi connectivity index (χ2v) is 9.64. The number of hydrogen-bond acceptors (Lipinski definition) is 8. The summed E-state index contributed by atoms with van der Waals surface area (Å²) in [4.78, 5) is 35.3. The Hall–Kier alpha value is -3.56. The molecule has 8 bridgehead atoms. The molecule has 8 rings (SSSR count). The third kappa shape index (κ3) is 5.98. The number of carbonyl (C=O) groups excluding carboxylic acids is 1. The molecule has 5 aliphatic heterocycles. The van der Waals surface area contributed by atoms with Crippen molar-refractivity contribution in [1.82, 2.24) is 29.7 Å². The van der Waals surface area contributed by atoms with E-state index < -0.39 is 0 Å². The number of nitrogens with one attached hydrogen (secondary N) is 1. The van der Waals surface area contributed by atoms with Gasteiger partial charge in [0.05, 0.1) is 12.2 Å². The topological polar surface area (TPSA) is 80.7 Å². The summed E-state index contributed by atoms with van der Waals surface area (Å²) in [6, 6.07) is 14.4. The van der Waals surface area contributed by atoms with Crippen LogP contribution in [-0.2, 0) is 11.3 Å². The molecule has 0 spiro atoms. The van der Waals surface area contributed by atoms with Gasteiger partial charge in [0.2, 0.25) is 11.9 Å². The second-order valence-electron chi connectivity index (χ2n) is 9.64. The molecule has 0 aliphatic carbocycles. The van der Waals surface area contributed by atoms with Crippen molar-refractivity contribution in [2.75, 3.05) is 70.1 Å². The van der Waals surface area contributed by atoms with Crippen LogP contribution in [-0.4, -0.2) is 95.5 Å². The number of pyridine rings is 1. The van der Waals surface area contributed by atoms with E-state index in [1.54, 1.807) is 6.20 Å². The van der Waals surface area contributed by atoms with Crippen LogP contribution in [0.2, 0.25) is 0 Å². The average molecular weight is 489 g/mol. The summed E-state index contributed by atoms with van der Waals surface area (Å²) in [6.07, 6.45) is 4.51. The van der Waals surface area contributed by atoms with Crippen LogP contribution in [0.25, 0.3) is 11.3 Å². The van der Waals surface area contributed by atoms with Gasteiger partial charge < -0.3 is 15.1 Å². The van der Waals surface area contributed by atoms with Crippen molar-refractivity contribution in [2.45, 2.75) is 13.0 Å². The van der Waals surface area contributed by atoms with Gasteiger partial charge in [0.25, 0.3) is 0 Å². The zero-order chi connectivity index (χ0) is 24.9. The molecule has 1 fully saturated rings. The van der Waals surface area contributed by atoms with Crippen LogP contribution in [0.1, 0.15) is 13.4 Å². The molecule has 9 nitrogen and oxygen atoms in total. The molecular weight excluding hydrogens is 452 g/mol. The molecule has 0 unspecified atom stereocenters. The SMILES string of the molecule is CN1CCCN(C)c2ccc(cn2)-c2ccnc(n2)Nc2cccc(c2)CN2CCN(CC2)CC1=O.[HH]. The van der Waals surface area contributed by atoms with Gasteiger partial charge in [-0.25, -0.2) is 15.0 Å². The predicted octanol–water partition coefficient (Wildman–Crippen LogP) is 2.94. The van der Waals surface area contributed by atoms with Crippen molar-refractivity contribution in [3.05, 3.63) is 60.4 Å². The largest absolute Gasteiger partial charge is 0.360 e. The minimum atomic E-state index is 0. The zero-order valence-electron chi connectivity index (χ0n) is 21.1. The van der Waals surface area contributed by atoms with Gasteiger partial charge in [-0.3, -0.25) is 14.6 Å². The van der Waals surface area contributed by atoms with E-state index in [0.29, 0.717) is 12.5 Å². The lowest BCUT2D eigenvalue weighted by atomic mass is 10.1. The molecule has 1 aromatic carbocycles. The fourth-order valence-corrected chi connectivity index (χ4v) is 4.68. The highest BCUT2D eigenvalue weighted by atomic mass is 16.2. The molecule has 0 atom stereocenters. The van der Waals surface area contributed by atoms with Crippen LogP contribution in [0, 0.1) is 0 Å². The van der Waals surface area contributed by atoms with Gasteiger partial charge in [-0.05, 0) is 42.3 Å². The summed E-state index contributed by atoms with van der Waals surface area (Å²) in [6.45, 7) is 6.64. The van der Waals surface area contributed by atoms with Gasteiger partial charge in [-0.1, -0.05) is 12.1 Å². The summed E-state index contributed by atoms with van der Waals surface area (Å²) in [5, 5.41) is 3.36. The Kier molecular flexibility index (Phi) is 7.39. The molecular formula is C27H36N8O. The molecule has 2 aromatic heterocycles. The second kappa shape index (κ2) is 11.0. The van der Waals surface area contributed by atoms with Gasteiger partial charge in [-0.15, -0.1) is 0 Å². The van der Waals surface area contributed by atoms with Gasteiger partial charge in [0, 0.05) is 85.0 Å². The van der Waals surface area contributed by atoms with E-state index in [2.05, 4.69) is 48.2 Å². The number of nitrogens with zero attached hydrogens (tertiary/aromatic N) is 7. The molecule has 1 amide bonds. The molecule has 9 heteroatoms. The number of anilines is 3. The fraction of sp³-hybridized carbons (Fsp3) is 0.407.